The Morgan fingerprint density at radius 2 is 1.78 bits per heavy atom. The predicted octanol–water partition coefficient (Wildman–Crippen LogP) is 1.08. The molecule has 108 valence electrons. The van der Waals surface area contributed by atoms with E-state index in [1.807, 2.05) is 5.01 Å². The Morgan fingerprint density at radius 1 is 1.11 bits per heavy atom. The molecule has 0 spiro atoms. The van der Waals surface area contributed by atoms with Gasteiger partial charge in [-0.2, -0.15) is 0 Å². The number of piperidine rings is 1. The highest BCUT2D eigenvalue weighted by atomic mass is 32.2. The summed E-state index contributed by atoms with van der Waals surface area (Å²) in [6, 6.07) is 0.466. The van der Waals surface area contributed by atoms with Gasteiger partial charge < -0.3 is 5.32 Å². The van der Waals surface area contributed by atoms with Crippen LogP contribution in [-0.4, -0.2) is 44.9 Å². The molecule has 6 heteroatoms. The molecule has 0 amide bonds. The van der Waals surface area contributed by atoms with E-state index in [1.165, 1.54) is 6.42 Å². The van der Waals surface area contributed by atoms with Gasteiger partial charge in [0.1, 0.15) is 0 Å². The number of rotatable bonds is 8. The van der Waals surface area contributed by atoms with Crippen molar-refractivity contribution < 1.29 is 8.42 Å². The summed E-state index contributed by atoms with van der Waals surface area (Å²) in [4.78, 5) is 2.68. The van der Waals surface area contributed by atoms with Gasteiger partial charge in [-0.05, 0) is 32.2 Å². The second-order valence-electron chi connectivity index (χ2n) is 5.27. The van der Waals surface area contributed by atoms with Crippen molar-refractivity contribution >= 4 is 10.0 Å². The fourth-order valence-electron chi connectivity index (χ4n) is 2.04. The molecular formula is C12H27N3O2S. The maximum atomic E-state index is 11.8. The molecule has 0 bridgehead atoms. The van der Waals surface area contributed by atoms with Crippen LogP contribution in [0.3, 0.4) is 0 Å². The van der Waals surface area contributed by atoms with E-state index in [4.69, 9.17) is 0 Å². The van der Waals surface area contributed by atoms with Gasteiger partial charge >= 0.3 is 0 Å². The zero-order chi connectivity index (χ0) is 13.4. The number of unbranched alkanes of at least 4 members (excludes halogenated alkanes) is 1. The molecule has 0 aromatic rings. The smallest absolute Gasteiger partial charge is 0.224 e. The normalized spacial score (nSPS) is 18.4. The third-order valence-electron chi connectivity index (χ3n) is 3.02. The minimum Gasteiger partial charge on any atom is -0.315 e. The van der Waals surface area contributed by atoms with Crippen molar-refractivity contribution in [3.05, 3.63) is 0 Å². The highest BCUT2D eigenvalue weighted by Crippen LogP contribution is 2.07. The first-order valence-electron chi connectivity index (χ1n) is 6.98. The van der Waals surface area contributed by atoms with Crippen LogP contribution in [0.15, 0.2) is 0 Å². The van der Waals surface area contributed by atoms with Crippen LogP contribution >= 0.6 is 0 Å². The molecule has 1 rings (SSSR count). The van der Waals surface area contributed by atoms with Gasteiger partial charge in [-0.3, -0.25) is 0 Å². The van der Waals surface area contributed by atoms with Crippen LogP contribution in [0.1, 0.15) is 46.0 Å². The van der Waals surface area contributed by atoms with Crippen LogP contribution in [-0.2, 0) is 10.0 Å². The molecule has 1 heterocycles. The van der Waals surface area contributed by atoms with Crippen LogP contribution in [0.25, 0.3) is 0 Å². The van der Waals surface area contributed by atoms with Gasteiger partial charge in [-0.15, -0.1) is 4.83 Å². The number of hydrazine groups is 1. The Kier molecular flexibility index (Phi) is 7.14. The molecule has 1 aliphatic rings. The quantitative estimate of drug-likeness (QED) is 0.652. The van der Waals surface area contributed by atoms with Crippen molar-refractivity contribution in [2.24, 2.45) is 0 Å². The zero-order valence-corrected chi connectivity index (χ0v) is 12.4. The average Bonchev–Trinajstić information content (AvgIpc) is 2.28. The molecule has 1 fully saturated rings. The molecule has 0 aliphatic carbocycles. The summed E-state index contributed by atoms with van der Waals surface area (Å²) in [5.74, 6) is 0.225. The lowest BCUT2D eigenvalue weighted by atomic mass is 10.2. The van der Waals surface area contributed by atoms with E-state index in [2.05, 4.69) is 24.0 Å². The molecule has 18 heavy (non-hydrogen) atoms. The Bertz CT molecular complexity index is 311. The number of sulfonamides is 1. The Hall–Kier alpha value is -0.170. The predicted molar refractivity (Wildman–Crippen MR) is 74.7 cm³/mol. The van der Waals surface area contributed by atoms with Gasteiger partial charge in [0.2, 0.25) is 10.0 Å². The van der Waals surface area contributed by atoms with E-state index in [-0.39, 0.29) is 5.75 Å². The van der Waals surface area contributed by atoms with Crippen LogP contribution in [0, 0.1) is 0 Å². The van der Waals surface area contributed by atoms with Crippen molar-refractivity contribution in [3.63, 3.8) is 0 Å². The van der Waals surface area contributed by atoms with E-state index >= 15 is 0 Å². The third kappa shape index (κ3) is 7.31. The summed E-state index contributed by atoms with van der Waals surface area (Å²) < 4.78 is 23.6. The minimum atomic E-state index is -3.13. The third-order valence-corrected chi connectivity index (χ3v) is 4.38. The first-order chi connectivity index (χ1) is 8.49. The molecular weight excluding hydrogens is 250 g/mol. The molecule has 0 radical (unpaired) electrons. The molecule has 5 nitrogen and oxygen atoms in total. The molecule has 2 N–H and O–H groups in total. The summed E-state index contributed by atoms with van der Waals surface area (Å²) in [7, 11) is -3.13. The van der Waals surface area contributed by atoms with Gasteiger partial charge in [0.05, 0.1) is 5.75 Å². The van der Waals surface area contributed by atoms with Crippen molar-refractivity contribution in [3.8, 4) is 0 Å². The van der Waals surface area contributed by atoms with Crippen molar-refractivity contribution in [2.75, 3.05) is 25.4 Å². The maximum Gasteiger partial charge on any atom is 0.224 e. The fraction of sp³-hybridized carbons (Fsp3) is 1.00. The fourth-order valence-corrected chi connectivity index (χ4v) is 3.29. The highest BCUT2D eigenvalue weighted by Gasteiger charge is 2.17. The summed E-state index contributed by atoms with van der Waals surface area (Å²) in [5, 5.41) is 5.13. The van der Waals surface area contributed by atoms with Crippen molar-refractivity contribution in [1.82, 2.24) is 15.2 Å². The standard InChI is InChI=1S/C12H27N3O2S/c1-12(2)13-8-4-7-11-18(16,17)14-15-9-5-3-6-10-15/h12-14H,3-11H2,1-2H3. The second kappa shape index (κ2) is 8.09. The Morgan fingerprint density at radius 3 is 2.39 bits per heavy atom. The van der Waals surface area contributed by atoms with Gasteiger partial charge in [-0.1, -0.05) is 20.3 Å². The SMILES string of the molecule is CC(C)NCCCCS(=O)(=O)NN1CCCCC1. The molecule has 0 unspecified atom stereocenters. The lowest BCUT2D eigenvalue weighted by molar-refractivity contribution is 0.200. The lowest BCUT2D eigenvalue weighted by Crippen LogP contribution is -2.45. The molecule has 0 atom stereocenters. The van der Waals surface area contributed by atoms with Crippen LogP contribution in [0.2, 0.25) is 0 Å². The monoisotopic (exact) mass is 277 g/mol. The van der Waals surface area contributed by atoms with Gasteiger partial charge in [-0.25, -0.2) is 13.4 Å². The average molecular weight is 277 g/mol. The molecule has 0 saturated carbocycles. The molecule has 0 aromatic carbocycles. The number of nitrogens with zero attached hydrogens (tertiary/aromatic N) is 1. The van der Waals surface area contributed by atoms with E-state index in [0.29, 0.717) is 12.5 Å². The maximum absolute atomic E-state index is 11.8. The first-order valence-corrected chi connectivity index (χ1v) is 8.63. The van der Waals surface area contributed by atoms with E-state index in [0.717, 1.165) is 38.9 Å². The van der Waals surface area contributed by atoms with E-state index in [9.17, 15) is 8.42 Å². The number of nitrogens with one attached hydrogen (secondary N) is 2. The summed E-state index contributed by atoms with van der Waals surface area (Å²) in [6.45, 7) is 6.75. The summed E-state index contributed by atoms with van der Waals surface area (Å²) in [6.07, 6.45) is 4.99. The molecule has 0 aromatic heterocycles. The van der Waals surface area contributed by atoms with Crippen molar-refractivity contribution in [1.29, 1.82) is 0 Å². The number of hydrogen-bond acceptors (Lipinski definition) is 4. The lowest BCUT2D eigenvalue weighted by Gasteiger charge is -2.26. The summed E-state index contributed by atoms with van der Waals surface area (Å²) in [5.41, 5.74) is 0. The van der Waals surface area contributed by atoms with Gasteiger partial charge in [0.15, 0.2) is 0 Å². The molecule has 1 aliphatic heterocycles. The second-order valence-corrected chi connectivity index (χ2v) is 7.09. The Labute approximate surface area is 111 Å². The van der Waals surface area contributed by atoms with E-state index < -0.39 is 10.0 Å². The Balaban J connectivity index is 2.14. The largest absolute Gasteiger partial charge is 0.315 e. The summed E-state index contributed by atoms with van der Waals surface area (Å²) >= 11 is 0. The first kappa shape index (κ1) is 15.9. The number of hydrogen-bond donors (Lipinski definition) is 2. The minimum absolute atomic E-state index is 0.225. The zero-order valence-electron chi connectivity index (χ0n) is 11.6. The van der Waals surface area contributed by atoms with Crippen molar-refractivity contribution in [2.45, 2.75) is 52.0 Å². The van der Waals surface area contributed by atoms with Gasteiger partial charge in [0.25, 0.3) is 0 Å². The van der Waals surface area contributed by atoms with Crippen LogP contribution in [0.5, 0.6) is 0 Å². The highest BCUT2D eigenvalue weighted by molar-refractivity contribution is 7.89. The molecule has 1 saturated heterocycles. The van der Waals surface area contributed by atoms with E-state index in [1.54, 1.807) is 0 Å². The van der Waals surface area contributed by atoms with Crippen LogP contribution < -0.4 is 10.1 Å². The van der Waals surface area contributed by atoms with Crippen LogP contribution in [0.4, 0.5) is 0 Å². The van der Waals surface area contributed by atoms with Gasteiger partial charge in [0, 0.05) is 19.1 Å². The topological polar surface area (TPSA) is 61.4 Å².